The molecule has 1 aliphatic carbocycles. The summed E-state index contributed by atoms with van der Waals surface area (Å²) in [5, 5.41) is 0. The number of esters is 1. The maximum absolute atomic E-state index is 13.4. The molecule has 2 heterocycles. The Balaban J connectivity index is 1.91. The minimum atomic E-state index is -3.72. The van der Waals surface area contributed by atoms with Crippen molar-refractivity contribution in [1.29, 1.82) is 0 Å². The molecule has 138 valence electrons. The number of rotatable bonds is 3. The molecule has 0 spiro atoms. The van der Waals surface area contributed by atoms with Gasteiger partial charge in [-0.3, -0.25) is 4.79 Å². The summed E-state index contributed by atoms with van der Waals surface area (Å²) in [5.41, 5.74) is 0. The molecule has 0 amide bonds. The number of carbonyl (C=O) groups excluding carboxylic acids is 1. The first kappa shape index (κ1) is 18.1. The largest absolute Gasteiger partial charge is 0.468 e. The molecule has 2 saturated heterocycles. The number of hydrogen-bond acceptors (Lipinski definition) is 5. The molecule has 0 unspecified atom stereocenters. The molecule has 3 fully saturated rings. The zero-order valence-corrected chi connectivity index (χ0v) is 15.5. The quantitative estimate of drug-likeness (QED) is 0.706. The highest BCUT2D eigenvalue weighted by atomic mass is 32.2. The van der Waals surface area contributed by atoms with Gasteiger partial charge in [-0.25, -0.2) is 0 Å². The molecule has 2 aliphatic heterocycles. The molecule has 7 nitrogen and oxygen atoms in total. The first-order valence-electron chi connectivity index (χ1n) is 8.86. The maximum atomic E-state index is 13.4. The van der Waals surface area contributed by atoms with Gasteiger partial charge in [0.25, 0.3) is 10.2 Å². The normalized spacial score (nSPS) is 38.7. The van der Waals surface area contributed by atoms with E-state index in [9.17, 15) is 13.2 Å². The molecule has 0 aromatic rings. The lowest BCUT2D eigenvalue weighted by molar-refractivity contribution is -0.144. The highest BCUT2D eigenvalue weighted by Gasteiger charge is 2.53. The first-order valence-corrected chi connectivity index (χ1v) is 10.3. The highest BCUT2D eigenvalue weighted by Crippen LogP contribution is 2.42. The maximum Gasteiger partial charge on any atom is 0.324 e. The van der Waals surface area contributed by atoms with Gasteiger partial charge in [-0.1, -0.05) is 12.8 Å². The van der Waals surface area contributed by atoms with Crippen molar-refractivity contribution in [3.05, 3.63) is 0 Å². The molecule has 0 bridgehead atoms. The van der Waals surface area contributed by atoms with Crippen LogP contribution < -0.4 is 0 Å². The average molecular weight is 360 g/mol. The van der Waals surface area contributed by atoms with Crippen LogP contribution in [0.5, 0.6) is 0 Å². The molecule has 0 radical (unpaired) electrons. The van der Waals surface area contributed by atoms with Crippen LogP contribution >= 0.6 is 0 Å². The van der Waals surface area contributed by atoms with Gasteiger partial charge >= 0.3 is 5.97 Å². The Morgan fingerprint density at radius 3 is 2.38 bits per heavy atom. The molecule has 3 aliphatic rings. The number of methoxy groups -OCH3 is 1. The molecule has 24 heavy (non-hydrogen) atoms. The van der Waals surface area contributed by atoms with Gasteiger partial charge in [0.2, 0.25) is 0 Å². The summed E-state index contributed by atoms with van der Waals surface area (Å²) in [6.07, 6.45) is 4.21. The summed E-state index contributed by atoms with van der Waals surface area (Å²) < 4.78 is 40.2. The zero-order chi connectivity index (χ0) is 17.5. The van der Waals surface area contributed by atoms with Crippen molar-refractivity contribution < 1.29 is 22.7 Å². The predicted octanol–water partition coefficient (Wildman–Crippen LogP) is 1.15. The van der Waals surface area contributed by atoms with Gasteiger partial charge in [0.05, 0.1) is 19.3 Å². The van der Waals surface area contributed by atoms with Gasteiger partial charge in [0, 0.05) is 19.1 Å². The number of morpholine rings is 1. The molecular weight excluding hydrogens is 332 g/mol. The van der Waals surface area contributed by atoms with Crippen molar-refractivity contribution in [2.45, 2.75) is 70.2 Å². The second kappa shape index (κ2) is 6.90. The zero-order valence-electron chi connectivity index (χ0n) is 14.7. The fourth-order valence-electron chi connectivity index (χ4n) is 4.54. The van der Waals surface area contributed by atoms with Crippen LogP contribution in [0.1, 0.15) is 46.0 Å². The number of fused-ring (bicyclic) bond motifs is 1. The van der Waals surface area contributed by atoms with Crippen LogP contribution in [0.4, 0.5) is 0 Å². The van der Waals surface area contributed by atoms with Crippen molar-refractivity contribution in [2.24, 2.45) is 5.92 Å². The summed E-state index contributed by atoms with van der Waals surface area (Å²) in [5.74, 6) is -0.184. The minimum Gasteiger partial charge on any atom is -0.468 e. The average Bonchev–Trinajstić information content (AvgIpc) is 2.93. The van der Waals surface area contributed by atoms with Crippen molar-refractivity contribution in [3.8, 4) is 0 Å². The van der Waals surface area contributed by atoms with Crippen LogP contribution in [0.15, 0.2) is 0 Å². The van der Waals surface area contributed by atoms with Gasteiger partial charge in [-0.05, 0) is 39.0 Å². The van der Waals surface area contributed by atoms with E-state index < -0.39 is 22.2 Å². The van der Waals surface area contributed by atoms with Gasteiger partial charge in [-0.15, -0.1) is 0 Å². The van der Waals surface area contributed by atoms with Crippen molar-refractivity contribution in [2.75, 3.05) is 20.2 Å². The van der Waals surface area contributed by atoms with Gasteiger partial charge in [0.1, 0.15) is 6.04 Å². The SMILES string of the molecule is COC(=O)[C@@H]1C[C@@H]2CCCC[C@@H]2N1S(=O)(=O)N1C[C@@H](C)O[C@@H](C)C1. The molecule has 0 N–H and O–H groups in total. The smallest absolute Gasteiger partial charge is 0.324 e. The monoisotopic (exact) mass is 360 g/mol. The lowest BCUT2D eigenvalue weighted by Crippen LogP contribution is -2.57. The summed E-state index contributed by atoms with van der Waals surface area (Å²) >= 11 is 0. The van der Waals surface area contributed by atoms with Crippen LogP contribution in [0.2, 0.25) is 0 Å². The van der Waals surface area contributed by atoms with Crippen molar-refractivity contribution >= 4 is 16.2 Å². The van der Waals surface area contributed by atoms with Crippen LogP contribution in [0.3, 0.4) is 0 Å². The van der Waals surface area contributed by atoms with Gasteiger partial charge in [-0.2, -0.15) is 17.0 Å². The van der Waals surface area contributed by atoms with E-state index in [1.807, 2.05) is 13.8 Å². The number of carbonyl (C=O) groups is 1. The Morgan fingerprint density at radius 1 is 1.12 bits per heavy atom. The van der Waals surface area contributed by atoms with Crippen LogP contribution in [0, 0.1) is 5.92 Å². The third kappa shape index (κ3) is 3.21. The van der Waals surface area contributed by atoms with E-state index in [4.69, 9.17) is 9.47 Å². The lowest BCUT2D eigenvalue weighted by Gasteiger charge is -2.40. The Hall–Kier alpha value is -0.700. The fourth-order valence-corrected chi connectivity index (χ4v) is 6.72. The summed E-state index contributed by atoms with van der Waals surface area (Å²) in [7, 11) is -2.39. The topological polar surface area (TPSA) is 76.2 Å². The van der Waals surface area contributed by atoms with Crippen LogP contribution in [0.25, 0.3) is 0 Å². The molecular formula is C16H28N2O5S. The highest BCUT2D eigenvalue weighted by molar-refractivity contribution is 7.86. The van der Waals surface area contributed by atoms with Crippen molar-refractivity contribution in [3.63, 3.8) is 0 Å². The Labute approximate surface area is 144 Å². The summed E-state index contributed by atoms with van der Waals surface area (Å²) in [6, 6.07) is -0.775. The van der Waals surface area contributed by atoms with Gasteiger partial charge in [0.15, 0.2) is 0 Å². The molecule has 0 aromatic heterocycles. The number of nitrogens with zero attached hydrogens (tertiary/aromatic N) is 2. The Bertz CT molecular complexity index is 571. The number of hydrogen-bond donors (Lipinski definition) is 0. The van der Waals surface area contributed by atoms with E-state index >= 15 is 0 Å². The van der Waals surface area contributed by atoms with E-state index in [-0.39, 0.29) is 24.2 Å². The molecule has 3 rings (SSSR count). The van der Waals surface area contributed by atoms with E-state index in [2.05, 4.69) is 0 Å². The predicted molar refractivity (Wildman–Crippen MR) is 88.5 cm³/mol. The molecule has 1 saturated carbocycles. The minimum absolute atomic E-state index is 0.0821. The molecule has 8 heteroatoms. The second-order valence-electron chi connectivity index (χ2n) is 7.30. The number of ether oxygens (including phenoxy) is 2. The molecule has 0 aromatic carbocycles. The van der Waals surface area contributed by atoms with E-state index in [0.29, 0.717) is 19.5 Å². The fraction of sp³-hybridized carbons (Fsp3) is 0.938. The van der Waals surface area contributed by atoms with E-state index in [1.54, 1.807) is 0 Å². The van der Waals surface area contributed by atoms with Gasteiger partial charge < -0.3 is 9.47 Å². The van der Waals surface area contributed by atoms with E-state index in [0.717, 1.165) is 25.7 Å². The third-order valence-corrected chi connectivity index (χ3v) is 7.49. The molecule has 5 atom stereocenters. The van der Waals surface area contributed by atoms with E-state index in [1.165, 1.54) is 15.7 Å². The first-order chi connectivity index (χ1) is 11.3. The van der Waals surface area contributed by atoms with Crippen LogP contribution in [-0.4, -0.2) is 67.5 Å². The Morgan fingerprint density at radius 2 is 1.75 bits per heavy atom. The summed E-state index contributed by atoms with van der Waals surface area (Å²) in [6.45, 7) is 4.41. The lowest BCUT2D eigenvalue weighted by atomic mass is 9.85. The second-order valence-corrected chi connectivity index (χ2v) is 9.13. The van der Waals surface area contributed by atoms with Crippen LogP contribution in [-0.2, 0) is 24.5 Å². The van der Waals surface area contributed by atoms with Crippen molar-refractivity contribution in [1.82, 2.24) is 8.61 Å². The summed E-state index contributed by atoms with van der Waals surface area (Å²) in [4.78, 5) is 12.3. The Kier molecular flexibility index (Phi) is 5.20. The standard InChI is InChI=1S/C16H28N2O5S/c1-11-9-17(10-12(2)23-11)24(20,21)18-14-7-5-4-6-13(14)8-15(18)16(19)22-3/h11-15H,4-10H2,1-3H3/t11-,12+,13-,14-,15-/m0/s1. The third-order valence-electron chi connectivity index (χ3n) is 5.48.